The Morgan fingerprint density at radius 1 is 1.17 bits per heavy atom. The van der Waals surface area contributed by atoms with Gasteiger partial charge in [0.15, 0.2) is 0 Å². The lowest BCUT2D eigenvalue weighted by molar-refractivity contribution is -0.384. The maximum atomic E-state index is 10.8. The second-order valence-corrected chi connectivity index (χ2v) is 5.79. The van der Waals surface area contributed by atoms with Gasteiger partial charge < -0.3 is 5.32 Å². The van der Waals surface area contributed by atoms with Gasteiger partial charge in [-0.05, 0) is 42.3 Å². The van der Waals surface area contributed by atoms with E-state index in [2.05, 4.69) is 34.7 Å². The minimum atomic E-state index is -0.396. The minimum Gasteiger partial charge on any atom is -0.313 e. The van der Waals surface area contributed by atoms with Crippen LogP contribution in [-0.2, 0) is 0 Å². The molecule has 0 amide bonds. The van der Waals surface area contributed by atoms with Gasteiger partial charge in [0.1, 0.15) is 0 Å². The van der Waals surface area contributed by atoms with Crippen molar-refractivity contribution in [2.24, 2.45) is 0 Å². The number of nitrogens with zero attached hydrogens (tertiary/aromatic N) is 3. The number of hydrogen-bond donors (Lipinski definition) is 1. The molecule has 1 aliphatic heterocycles. The van der Waals surface area contributed by atoms with Gasteiger partial charge >= 0.3 is 0 Å². The summed E-state index contributed by atoms with van der Waals surface area (Å²) in [6.45, 7) is 1.89. The summed E-state index contributed by atoms with van der Waals surface area (Å²) in [5.74, 6) is 0. The summed E-state index contributed by atoms with van der Waals surface area (Å²) in [5, 5.41) is 19.6. The third-order valence-corrected chi connectivity index (χ3v) is 4.31. The van der Waals surface area contributed by atoms with Crippen molar-refractivity contribution in [1.29, 1.82) is 0 Å². The van der Waals surface area contributed by atoms with Crippen LogP contribution in [0.3, 0.4) is 0 Å². The predicted octanol–water partition coefficient (Wildman–Crippen LogP) is 3.31. The molecule has 4 rings (SSSR count). The molecule has 2 aromatic carbocycles. The number of fused-ring (bicyclic) bond motifs is 1. The van der Waals surface area contributed by atoms with Gasteiger partial charge in [-0.2, -0.15) is 5.10 Å². The number of nitro groups is 1. The van der Waals surface area contributed by atoms with Gasteiger partial charge in [0.25, 0.3) is 5.69 Å². The van der Waals surface area contributed by atoms with Crippen LogP contribution in [0.15, 0.2) is 54.7 Å². The highest BCUT2D eigenvalue weighted by Crippen LogP contribution is 2.26. The van der Waals surface area contributed by atoms with E-state index in [9.17, 15) is 10.1 Å². The van der Waals surface area contributed by atoms with E-state index in [-0.39, 0.29) is 5.69 Å². The van der Waals surface area contributed by atoms with Crippen LogP contribution in [0, 0.1) is 10.1 Å². The van der Waals surface area contributed by atoms with Crippen molar-refractivity contribution < 1.29 is 4.92 Å². The lowest BCUT2D eigenvalue weighted by Crippen LogP contribution is -2.19. The third kappa shape index (κ3) is 2.57. The fraction of sp³-hybridized carbons (Fsp3) is 0.167. The van der Waals surface area contributed by atoms with Gasteiger partial charge in [-0.3, -0.25) is 10.1 Å². The number of nitro benzene ring substituents is 1. The molecule has 0 fully saturated rings. The van der Waals surface area contributed by atoms with E-state index < -0.39 is 4.92 Å². The van der Waals surface area contributed by atoms with Crippen LogP contribution in [0.2, 0.25) is 0 Å². The first-order valence-electron chi connectivity index (χ1n) is 7.85. The topological polar surface area (TPSA) is 73.0 Å². The SMILES string of the molecule is O=[N+]([O-])c1ccc(-n2ncc3ccc(C4=CCNCC4)cc32)cc1. The zero-order chi connectivity index (χ0) is 16.5. The van der Waals surface area contributed by atoms with Gasteiger partial charge in [-0.1, -0.05) is 18.2 Å². The van der Waals surface area contributed by atoms with Gasteiger partial charge in [0.2, 0.25) is 0 Å². The first-order valence-corrected chi connectivity index (χ1v) is 7.85. The molecule has 2 heterocycles. The maximum absolute atomic E-state index is 10.8. The molecule has 6 heteroatoms. The number of hydrogen-bond acceptors (Lipinski definition) is 4. The Kier molecular flexibility index (Phi) is 3.59. The van der Waals surface area contributed by atoms with E-state index in [4.69, 9.17) is 0 Å². The molecule has 1 aliphatic rings. The fourth-order valence-electron chi connectivity index (χ4n) is 3.02. The van der Waals surface area contributed by atoms with Crippen molar-refractivity contribution in [1.82, 2.24) is 15.1 Å². The molecule has 3 aromatic rings. The number of rotatable bonds is 3. The normalized spacial score (nSPS) is 14.6. The molecule has 0 aliphatic carbocycles. The van der Waals surface area contributed by atoms with Crippen molar-refractivity contribution in [3.05, 3.63) is 70.4 Å². The van der Waals surface area contributed by atoms with E-state index >= 15 is 0 Å². The number of aromatic nitrogens is 2. The molecule has 0 unspecified atom stereocenters. The second kappa shape index (κ2) is 5.90. The lowest BCUT2D eigenvalue weighted by Gasteiger charge is -2.14. The molecular formula is C18H16N4O2. The molecular weight excluding hydrogens is 304 g/mol. The largest absolute Gasteiger partial charge is 0.313 e. The highest BCUT2D eigenvalue weighted by Gasteiger charge is 2.11. The highest BCUT2D eigenvalue weighted by molar-refractivity contribution is 5.84. The van der Waals surface area contributed by atoms with Crippen molar-refractivity contribution in [2.45, 2.75) is 6.42 Å². The van der Waals surface area contributed by atoms with E-state index in [1.165, 1.54) is 23.3 Å². The average molecular weight is 320 g/mol. The molecule has 0 saturated carbocycles. The van der Waals surface area contributed by atoms with Gasteiger partial charge in [-0.15, -0.1) is 0 Å². The summed E-state index contributed by atoms with van der Waals surface area (Å²) in [5.41, 5.74) is 4.43. The number of benzene rings is 2. The van der Waals surface area contributed by atoms with Crippen LogP contribution < -0.4 is 5.32 Å². The molecule has 0 saturated heterocycles. The Morgan fingerprint density at radius 3 is 2.71 bits per heavy atom. The third-order valence-electron chi connectivity index (χ3n) is 4.31. The monoisotopic (exact) mass is 320 g/mol. The van der Waals surface area contributed by atoms with Crippen LogP contribution in [0.4, 0.5) is 5.69 Å². The Bertz CT molecular complexity index is 941. The molecule has 0 atom stereocenters. The van der Waals surface area contributed by atoms with E-state index in [1.807, 2.05) is 10.9 Å². The molecule has 1 N–H and O–H groups in total. The van der Waals surface area contributed by atoms with Crippen LogP contribution >= 0.6 is 0 Å². The standard InChI is InChI=1S/C18H16N4O2/c23-22(24)17-5-3-16(4-6-17)21-18-11-14(1-2-15(18)12-20-21)13-7-9-19-10-8-13/h1-7,11-12,19H,8-10H2. The first-order chi connectivity index (χ1) is 11.7. The Hall–Kier alpha value is -2.99. The molecule has 0 spiro atoms. The van der Waals surface area contributed by atoms with E-state index in [0.29, 0.717) is 0 Å². The summed E-state index contributed by atoms with van der Waals surface area (Å²) in [6, 6.07) is 12.8. The Balaban J connectivity index is 1.78. The van der Waals surface area contributed by atoms with Crippen LogP contribution in [0.5, 0.6) is 0 Å². The van der Waals surface area contributed by atoms with Crippen molar-refractivity contribution in [2.75, 3.05) is 13.1 Å². The van der Waals surface area contributed by atoms with Gasteiger partial charge in [-0.25, -0.2) is 4.68 Å². The summed E-state index contributed by atoms with van der Waals surface area (Å²) in [4.78, 5) is 10.4. The molecule has 0 bridgehead atoms. The Labute approximate surface area is 138 Å². The van der Waals surface area contributed by atoms with Crippen LogP contribution in [0.1, 0.15) is 12.0 Å². The molecule has 24 heavy (non-hydrogen) atoms. The quantitative estimate of drug-likeness (QED) is 0.593. The molecule has 0 radical (unpaired) electrons. The van der Waals surface area contributed by atoms with Crippen LogP contribution in [-0.4, -0.2) is 27.8 Å². The van der Waals surface area contributed by atoms with E-state index in [0.717, 1.165) is 36.1 Å². The summed E-state index contributed by atoms with van der Waals surface area (Å²) in [6.07, 6.45) is 5.05. The van der Waals surface area contributed by atoms with Crippen molar-refractivity contribution >= 4 is 22.2 Å². The maximum Gasteiger partial charge on any atom is 0.269 e. The first kappa shape index (κ1) is 14.6. The average Bonchev–Trinajstić information content (AvgIpc) is 3.05. The highest BCUT2D eigenvalue weighted by atomic mass is 16.6. The zero-order valence-corrected chi connectivity index (χ0v) is 13.0. The zero-order valence-electron chi connectivity index (χ0n) is 13.0. The predicted molar refractivity (Wildman–Crippen MR) is 93.2 cm³/mol. The molecule has 120 valence electrons. The van der Waals surface area contributed by atoms with Crippen molar-refractivity contribution in [3.8, 4) is 5.69 Å². The van der Waals surface area contributed by atoms with Gasteiger partial charge in [0.05, 0.1) is 22.3 Å². The minimum absolute atomic E-state index is 0.0794. The van der Waals surface area contributed by atoms with Gasteiger partial charge in [0, 0.05) is 24.1 Å². The molecule has 6 nitrogen and oxygen atoms in total. The smallest absolute Gasteiger partial charge is 0.269 e. The summed E-state index contributed by atoms with van der Waals surface area (Å²) < 4.78 is 1.82. The summed E-state index contributed by atoms with van der Waals surface area (Å²) >= 11 is 0. The lowest BCUT2D eigenvalue weighted by atomic mass is 9.99. The van der Waals surface area contributed by atoms with Crippen molar-refractivity contribution in [3.63, 3.8) is 0 Å². The van der Waals surface area contributed by atoms with E-state index in [1.54, 1.807) is 12.1 Å². The Morgan fingerprint density at radius 2 is 2.00 bits per heavy atom. The summed E-state index contributed by atoms with van der Waals surface area (Å²) in [7, 11) is 0. The molecule has 1 aromatic heterocycles. The number of non-ortho nitro benzene ring substituents is 1. The number of nitrogens with one attached hydrogen (secondary N) is 1. The second-order valence-electron chi connectivity index (χ2n) is 5.79. The van der Waals surface area contributed by atoms with Crippen LogP contribution in [0.25, 0.3) is 22.2 Å². The fourth-order valence-corrected chi connectivity index (χ4v) is 3.02.